The zero-order valence-electron chi connectivity index (χ0n) is 11.3. The molecule has 0 spiro atoms. The molecule has 2 rings (SSSR count). The Bertz CT molecular complexity index is 375. The standard InChI is InChI=1S/C15H22O2S2/c1-12(16)11-14(17)15(7-9-18-10-8-15)19-13-5-3-2-4-6-13/h2-6,12,14,16-17H,7-11H2,1H3/t12-,14+/m0/s1. The number of rotatable bonds is 5. The highest BCUT2D eigenvalue weighted by Gasteiger charge is 2.40. The van der Waals surface area contributed by atoms with E-state index in [4.69, 9.17) is 0 Å². The third-order valence-corrected chi connectivity index (χ3v) is 6.16. The van der Waals surface area contributed by atoms with Gasteiger partial charge in [0.2, 0.25) is 0 Å². The Morgan fingerprint density at radius 2 is 1.84 bits per heavy atom. The molecule has 1 heterocycles. The second kappa shape index (κ2) is 7.02. The van der Waals surface area contributed by atoms with Crippen molar-refractivity contribution in [1.82, 2.24) is 0 Å². The minimum Gasteiger partial charge on any atom is -0.393 e. The lowest BCUT2D eigenvalue weighted by molar-refractivity contribution is 0.0606. The van der Waals surface area contributed by atoms with Crippen molar-refractivity contribution in [2.45, 2.75) is 48.0 Å². The van der Waals surface area contributed by atoms with E-state index in [0.29, 0.717) is 6.42 Å². The first-order valence-corrected chi connectivity index (χ1v) is 8.77. The summed E-state index contributed by atoms with van der Waals surface area (Å²) in [6.45, 7) is 1.75. The molecular weight excluding hydrogens is 276 g/mol. The molecule has 2 nitrogen and oxygen atoms in total. The topological polar surface area (TPSA) is 40.5 Å². The summed E-state index contributed by atoms with van der Waals surface area (Å²) in [4.78, 5) is 1.21. The van der Waals surface area contributed by atoms with E-state index < -0.39 is 12.2 Å². The third-order valence-electron chi connectivity index (χ3n) is 3.58. The molecule has 2 N–H and O–H groups in total. The smallest absolute Gasteiger partial charge is 0.0715 e. The van der Waals surface area contributed by atoms with Gasteiger partial charge in [-0.05, 0) is 43.4 Å². The van der Waals surface area contributed by atoms with Crippen molar-refractivity contribution in [3.8, 4) is 0 Å². The molecule has 106 valence electrons. The van der Waals surface area contributed by atoms with Gasteiger partial charge in [-0.15, -0.1) is 11.8 Å². The van der Waals surface area contributed by atoms with E-state index in [2.05, 4.69) is 12.1 Å². The molecule has 0 unspecified atom stereocenters. The summed E-state index contributed by atoms with van der Waals surface area (Å²) in [6, 6.07) is 10.3. The van der Waals surface area contributed by atoms with Crippen LogP contribution in [0.15, 0.2) is 35.2 Å². The molecule has 0 amide bonds. The van der Waals surface area contributed by atoms with E-state index in [0.717, 1.165) is 24.3 Å². The number of thioether (sulfide) groups is 2. The van der Waals surface area contributed by atoms with Gasteiger partial charge in [0.05, 0.1) is 12.2 Å². The van der Waals surface area contributed by atoms with E-state index in [1.807, 2.05) is 30.0 Å². The van der Waals surface area contributed by atoms with Crippen molar-refractivity contribution in [2.24, 2.45) is 0 Å². The molecule has 1 aliphatic rings. The Balaban J connectivity index is 2.14. The second-order valence-corrected chi connectivity index (χ2v) is 7.91. The summed E-state index contributed by atoms with van der Waals surface area (Å²) in [5.41, 5.74) is 0. The summed E-state index contributed by atoms with van der Waals surface area (Å²) >= 11 is 3.74. The summed E-state index contributed by atoms with van der Waals surface area (Å²) in [5.74, 6) is 2.19. The zero-order chi connectivity index (χ0) is 13.7. The Kier molecular flexibility index (Phi) is 5.63. The van der Waals surface area contributed by atoms with E-state index >= 15 is 0 Å². The Hall–Kier alpha value is -0.160. The van der Waals surface area contributed by atoms with Gasteiger partial charge >= 0.3 is 0 Å². The number of hydrogen-bond acceptors (Lipinski definition) is 4. The van der Waals surface area contributed by atoms with Crippen molar-refractivity contribution in [3.05, 3.63) is 30.3 Å². The van der Waals surface area contributed by atoms with E-state index in [-0.39, 0.29) is 4.75 Å². The maximum Gasteiger partial charge on any atom is 0.0715 e. The summed E-state index contributed by atoms with van der Waals surface area (Å²) in [6.07, 6.45) is 1.58. The average molecular weight is 298 g/mol. The molecule has 0 aromatic heterocycles. The summed E-state index contributed by atoms with van der Waals surface area (Å²) in [5, 5.41) is 20.1. The molecule has 1 aliphatic heterocycles. The van der Waals surface area contributed by atoms with Gasteiger partial charge in [0, 0.05) is 16.1 Å². The van der Waals surface area contributed by atoms with Gasteiger partial charge < -0.3 is 10.2 Å². The van der Waals surface area contributed by atoms with Crippen LogP contribution in [0.3, 0.4) is 0 Å². The fourth-order valence-electron chi connectivity index (χ4n) is 2.48. The molecule has 0 aliphatic carbocycles. The van der Waals surface area contributed by atoms with Crippen LogP contribution in [0, 0.1) is 0 Å². The molecule has 19 heavy (non-hydrogen) atoms. The highest BCUT2D eigenvalue weighted by Crippen LogP contribution is 2.46. The van der Waals surface area contributed by atoms with Crippen LogP contribution >= 0.6 is 23.5 Å². The molecule has 0 bridgehead atoms. The molecule has 4 heteroatoms. The van der Waals surface area contributed by atoms with Crippen molar-refractivity contribution in [1.29, 1.82) is 0 Å². The van der Waals surface area contributed by atoms with E-state index in [1.54, 1.807) is 18.7 Å². The molecule has 1 saturated heterocycles. The van der Waals surface area contributed by atoms with Crippen molar-refractivity contribution in [3.63, 3.8) is 0 Å². The van der Waals surface area contributed by atoms with Crippen LogP contribution in [0.25, 0.3) is 0 Å². The molecular formula is C15H22O2S2. The fourth-order valence-corrected chi connectivity index (χ4v) is 5.36. The Labute approximate surface area is 124 Å². The lowest BCUT2D eigenvalue weighted by Crippen LogP contribution is -2.43. The van der Waals surface area contributed by atoms with Gasteiger partial charge in [-0.1, -0.05) is 18.2 Å². The predicted octanol–water partition coefficient (Wildman–Crippen LogP) is 3.18. The van der Waals surface area contributed by atoms with Crippen LogP contribution in [0.2, 0.25) is 0 Å². The van der Waals surface area contributed by atoms with Crippen LogP contribution in [0.1, 0.15) is 26.2 Å². The van der Waals surface area contributed by atoms with Crippen LogP contribution in [-0.2, 0) is 0 Å². The lowest BCUT2D eigenvalue weighted by atomic mass is 9.91. The van der Waals surface area contributed by atoms with Crippen LogP contribution < -0.4 is 0 Å². The van der Waals surface area contributed by atoms with E-state index in [9.17, 15) is 10.2 Å². The first-order chi connectivity index (χ1) is 9.12. The number of benzene rings is 1. The SMILES string of the molecule is C[C@H](O)C[C@@H](O)C1(Sc2ccccc2)CCSCC1. The van der Waals surface area contributed by atoms with Gasteiger partial charge in [0.25, 0.3) is 0 Å². The minimum absolute atomic E-state index is 0.135. The maximum absolute atomic E-state index is 10.6. The lowest BCUT2D eigenvalue weighted by Gasteiger charge is -2.41. The number of hydrogen-bond donors (Lipinski definition) is 2. The first kappa shape index (κ1) is 15.2. The average Bonchev–Trinajstić information content (AvgIpc) is 2.40. The fraction of sp³-hybridized carbons (Fsp3) is 0.600. The molecule has 1 aromatic rings. The number of aliphatic hydroxyl groups excluding tert-OH is 2. The number of aliphatic hydroxyl groups is 2. The quantitative estimate of drug-likeness (QED) is 0.876. The molecule has 0 radical (unpaired) electrons. The molecule has 2 atom stereocenters. The molecule has 1 fully saturated rings. The molecule has 0 saturated carbocycles. The van der Waals surface area contributed by atoms with Crippen LogP contribution in [0.5, 0.6) is 0 Å². The maximum atomic E-state index is 10.6. The van der Waals surface area contributed by atoms with Gasteiger partial charge in [0.15, 0.2) is 0 Å². The van der Waals surface area contributed by atoms with Crippen molar-refractivity contribution in [2.75, 3.05) is 11.5 Å². The van der Waals surface area contributed by atoms with Crippen LogP contribution in [0.4, 0.5) is 0 Å². The van der Waals surface area contributed by atoms with Gasteiger partial charge in [-0.3, -0.25) is 0 Å². The Morgan fingerprint density at radius 3 is 2.42 bits per heavy atom. The van der Waals surface area contributed by atoms with Crippen molar-refractivity contribution >= 4 is 23.5 Å². The third kappa shape index (κ3) is 4.15. The van der Waals surface area contributed by atoms with Gasteiger partial charge in [-0.25, -0.2) is 0 Å². The van der Waals surface area contributed by atoms with Crippen LogP contribution in [-0.4, -0.2) is 38.7 Å². The highest BCUT2D eigenvalue weighted by molar-refractivity contribution is 8.01. The first-order valence-electron chi connectivity index (χ1n) is 6.80. The second-order valence-electron chi connectivity index (χ2n) is 5.19. The zero-order valence-corrected chi connectivity index (χ0v) is 12.9. The normalized spacial score (nSPS) is 21.8. The van der Waals surface area contributed by atoms with Gasteiger partial charge in [-0.2, -0.15) is 11.8 Å². The largest absolute Gasteiger partial charge is 0.393 e. The van der Waals surface area contributed by atoms with Gasteiger partial charge in [0.1, 0.15) is 0 Å². The summed E-state index contributed by atoms with van der Waals surface area (Å²) < 4.78 is -0.135. The monoisotopic (exact) mass is 298 g/mol. The Morgan fingerprint density at radius 1 is 1.21 bits per heavy atom. The summed E-state index contributed by atoms with van der Waals surface area (Å²) in [7, 11) is 0. The molecule has 1 aromatic carbocycles. The van der Waals surface area contributed by atoms with E-state index in [1.165, 1.54) is 4.90 Å². The highest BCUT2D eigenvalue weighted by atomic mass is 32.2. The van der Waals surface area contributed by atoms with Crippen molar-refractivity contribution < 1.29 is 10.2 Å². The predicted molar refractivity (Wildman–Crippen MR) is 83.9 cm³/mol. The minimum atomic E-state index is -0.446.